The molecule has 9 heteroatoms. The molecule has 0 spiro atoms. The van der Waals surface area contributed by atoms with Crippen molar-refractivity contribution in [3.63, 3.8) is 0 Å². The highest BCUT2D eigenvalue weighted by Gasteiger charge is 2.27. The summed E-state index contributed by atoms with van der Waals surface area (Å²) in [5.74, 6) is -0.187. The van der Waals surface area contributed by atoms with Crippen LogP contribution in [0.5, 0.6) is 0 Å². The molecule has 1 amide bonds. The summed E-state index contributed by atoms with van der Waals surface area (Å²) in [5, 5.41) is 13.8. The highest BCUT2D eigenvalue weighted by atomic mass is 31.2. The number of quaternary nitrogens is 1. The molecule has 3 unspecified atom stereocenters. The van der Waals surface area contributed by atoms with Gasteiger partial charge in [0.1, 0.15) is 13.2 Å². The number of allylic oxidation sites excluding steroid dienone is 7. The number of carbonyl (C=O) groups excluding carboxylic acids is 1. The van der Waals surface area contributed by atoms with E-state index in [1.54, 1.807) is 6.08 Å². The van der Waals surface area contributed by atoms with Crippen molar-refractivity contribution in [2.45, 2.75) is 276 Å². The third kappa shape index (κ3) is 52.1. The van der Waals surface area contributed by atoms with Crippen LogP contribution in [0.4, 0.5) is 0 Å². The van der Waals surface area contributed by atoms with Crippen molar-refractivity contribution in [1.29, 1.82) is 0 Å². The number of aliphatic hydroxyl groups is 1. The zero-order valence-corrected chi connectivity index (χ0v) is 45.8. The second-order valence-corrected chi connectivity index (χ2v) is 22.1. The molecule has 0 aromatic heterocycles. The van der Waals surface area contributed by atoms with Gasteiger partial charge >= 0.3 is 7.82 Å². The Morgan fingerprint density at radius 3 is 1.30 bits per heavy atom. The predicted octanol–water partition coefficient (Wildman–Crippen LogP) is 17.2. The van der Waals surface area contributed by atoms with Gasteiger partial charge in [-0.05, 0) is 64.2 Å². The summed E-state index contributed by atoms with van der Waals surface area (Å²) in [7, 11) is 1.56. The molecule has 0 aliphatic heterocycles. The number of phosphoric acid groups is 1. The lowest BCUT2D eigenvalue weighted by atomic mass is 10.0. The van der Waals surface area contributed by atoms with E-state index in [-0.39, 0.29) is 19.1 Å². The zero-order valence-electron chi connectivity index (χ0n) is 44.9. The van der Waals surface area contributed by atoms with Gasteiger partial charge in [0.05, 0.1) is 39.9 Å². The first-order chi connectivity index (χ1) is 32.5. The number of phosphoric ester groups is 1. The quantitative estimate of drug-likeness (QED) is 0.0243. The third-order valence-corrected chi connectivity index (χ3v) is 13.8. The molecule has 394 valence electrons. The SMILES string of the molecule is CCCCCC/C=C/CC/C=C/C(O)C(COP(=O)(O)OCC[N+](C)(C)C)NC(=O)CCCCCCCCCCCCCCCCCCC/C=C\C/C=C\CCCCCCCCCCCCC. The Morgan fingerprint density at radius 1 is 0.507 bits per heavy atom. The molecule has 67 heavy (non-hydrogen) atoms. The van der Waals surface area contributed by atoms with Gasteiger partial charge in [-0.15, -0.1) is 0 Å². The summed E-state index contributed by atoms with van der Waals surface area (Å²) in [4.78, 5) is 23.2. The molecular formula is C58H112N2O6P+. The van der Waals surface area contributed by atoms with Crippen LogP contribution in [0, 0.1) is 0 Å². The second-order valence-electron chi connectivity index (χ2n) is 20.7. The molecule has 0 heterocycles. The highest BCUT2D eigenvalue weighted by Crippen LogP contribution is 2.43. The number of amides is 1. The van der Waals surface area contributed by atoms with Crippen molar-refractivity contribution in [1.82, 2.24) is 5.32 Å². The first kappa shape index (κ1) is 65.5. The van der Waals surface area contributed by atoms with Crippen LogP contribution < -0.4 is 5.32 Å². The van der Waals surface area contributed by atoms with Crippen LogP contribution in [0.15, 0.2) is 48.6 Å². The standard InChI is InChI=1S/C58H111N2O6P/c1-6-8-10-12-14-16-18-19-20-21-22-23-24-25-26-27-28-29-30-31-32-33-34-35-36-37-38-39-40-41-42-44-46-48-50-52-58(62)59-56(55-66-67(63,64)65-54-53-60(3,4)5)57(61)51-49-47-45-43-17-15-13-11-9-7-2/h17,24-25,27-28,43,49,51,56-57,61H,6-16,18-23,26,29-42,44-48,50,52-55H2,1-5H3,(H-,59,62,63,64)/p+1/b25-24-,28-27-,43-17+,51-49+. The number of hydrogen-bond acceptors (Lipinski definition) is 5. The maximum Gasteiger partial charge on any atom is 0.472 e. The normalized spacial score (nSPS) is 14.3. The van der Waals surface area contributed by atoms with Crippen molar-refractivity contribution in [2.24, 2.45) is 0 Å². The van der Waals surface area contributed by atoms with Crippen molar-refractivity contribution < 1.29 is 32.9 Å². The van der Waals surface area contributed by atoms with Crippen LogP contribution in [0.25, 0.3) is 0 Å². The van der Waals surface area contributed by atoms with Gasteiger partial charge in [-0.1, -0.05) is 242 Å². The molecule has 0 aliphatic carbocycles. The Bertz CT molecular complexity index is 1230. The largest absolute Gasteiger partial charge is 0.472 e. The van der Waals surface area contributed by atoms with E-state index in [9.17, 15) is 19.4 Å². The first-order valence-electron chi connectivity index (χ1n) is 28.5. The smallest absolute Gasteiger partial charge is 0.387 e. The molecule has 3 atom stereocenters. The monoisotopic (exact) mass is 964 g/mol. The lowest BCUT2D eigenvalue weighted by molar-refractivity contribution is -0.870. The van der Waals surface area contributed by atoms with Gasteiger partial charge in [-0.25, -0.2) is 4.57 Å². The lowest BCUT2D eigenvalue weighted by Gasteiger charge is -2.25. The minimum Gasteiger partial charge on any atom is -0.387 e. The van der Waals surface area contributed by atoms with Gasteiger partial charge in [-0.3, -0.25) is 13.8 Å². The topological polar surface area (TPSA) is 105 Å². The van der Waals surface area contributed by atoms with E-state index in [1.165, 1.54) is 199 Å². The average molecular weight is 965 g/mol. The molecule has 0 radical (unpaired) electrons. The van der Waals surface area contributed by atoms with Crippen LogP contribution >= 0.6 is 7.82 Å². The van der Waals surface area contributed by atoms with Gasteiger partial charge in [0.25, 0.3) is 0 Å². The maximum absolute atomic E-state index is 12.9. The fourth-order valence-corrected chi connectivity index (χ4v) is 9.00. The number of rotatable bonds is 52. The Morgan fingerprint density at radius 2 is 0.866 bits per heavy atom. The van der Waals surface area contributed by atoms with Gasteiger partial charge < -0.3 is 19.8 Å². The molecule has 0 rings (SSSR count). The first-order valence-corrected chi connectivity index (χ1v) is 30.0. The van der Waals surface area contributed by atoms with E-state index in [0.717, 1.165) is 44.9 Å². The number of carbonyl (C=O) groups is 1. The van der Waals surface area contributed by atoms with Gasteiger partial charge in [-0.2, -0.15) is 0 Å². The second kappa shape index (κ2) is 49.4. The van der Waals surface area contributed by atoms with Crippen molar-refractivity contribution in [3.05, 3.63) is 48.6 Å². The van der Waals surface area contributed by atoms with E-state index in [0.29, 0.717) is 17.4 Å². The summed E-state index contributed by atoms with van der Waals surface area (Å²) in [6.07, 6.45) is 65.3. The van der Waals surface area contributed by atoms with Crippen LogP contribution in [0.1, 0.15) is 264 Å². The molecule has 0 bridgehead atoms. The molecule has 0 saturated carbocycles. The van der Waals surface area contributed by atoms with Gasteiger partial charge in [0, 0.05) is 6.42 Å². The molecule has 0 aromatic carbocycles. The number of aliphatic hydroxyl groups excluding tert-OH is 1. The minimum absolute atomic E-state index is 0.0559. The number of likely N-dealkylation sites (N-methyl/N-ethyl adjacent to an activating group) is 1. The van der Waals surface area contributed by atoms with Crippen molar-refractivity contribution >= 4 is 13.7 Å². The molecule has 0 aromatic rings. The number of nitrogens with zero attached hydrogens (tertiary/aromatic N) is 1. The minimum atomic E-state index is -4.35. The van der Waals surface area contributed by atoms with Crippen molar-refractivity contribution in [2.75, 3.05) is 40.9 Å². The number of nitrogens with one attached hydrogen (secondary N) is 1. The fraction of sp³-hybridized carbons (Fsp3) is 0.845. The Labute approximate surface area is 416 Å². The Kier molecular flexibility index (Phi) is 48.3. The van der Waals surface area contributed by atoms with Gasteiger partial charge in [0.2, 0.25) is 5.91 Å². The summed E-state index contributed by atoms with van der Waals surface area (Å²) in [6.45, 7) is 4.77. The Hall–Kier alpha value is -1.54. The van der Waals surface area contributed by atoms with Crippen molar-refractivity contribution in [3.8, 4) is 0 Å². The van der Waals surface area contributed by atoms with E-state index < -0.39 is 20.0 Å². The van der Waals surface area contributed by atoms with E-state index in [1.807, 2.05) is 27.2 Å². The van der Waals surface area contributed by atoms with Crippen LogP contribution in [-0.4, -0.2) is 73.4 Å². The number of unbranched alkanes of at least 4 members (excludes halogenated alkanes) is 33. The number of hydrogen-bond donors (Lipinski definition) is 3. The summed E-state index contributed by atoms with van der Waals surface area (Å²) >= 11 is 0. The molecule has 0 fully saturated rings. The highest BCUT2D eigenvalue weighted by molar-refractivity contribution is 7.47. The average Bonchev–Trinajstić information content (AvgIpc) is 3.29. The summed E-state index contributed by atoms with van der Waals surface area (Å²) in [6, 6.07) is -0.861. The maximum atomic E-state index is 12.9. The van der Waals surface area contributed by atoms with E-state index in [2.05, 4.69) is 55.6 Å². The Balaban J connectivity index is 3.93. The fourth-order valence-electron chi connectivity index (χ4n) is 8.27. The third-order valence-electron chi connectivity index (χ3n) is 12.8. The van der Waals surface area contributed by atoms with E-state index >= 15 is 0 Å². The molecule has 3 N–H and O–H groups in total. The molecule has 8 nitrogen and oxygen atoms in total. The van der Waals surface area contributed by atoms with E-state index in [4.69, 9.17) is 9.05 Å². The summed E-state index contributed by atoms with van der Waals surface area (Å²) in [5.41, 5.74) is 0. The predicted molar refractivity (Wildman–Crippen MR) is 291 cm³/mol. The molecule has 0 saturated heterocycles. The molecular weight excluding hydrogens is 852 g/mol. The molecule has 0 aliphatic rings. The van der Waals surface area contributed by atoms with Crippen LogP contribution in [0.2, 0.25) is 0 Å². The summed E-state index contributed by atoms with van der Waals surface area (Å²) < 4.78 is 23.6. The van der Waals surface area contributed by atoms with Gasteiger partial charge in [0.15, 0.2) is 0 Å². The zero-order chi connectivity index (χ0) is 49.2. The van der Waals surface area contributed by atoms with Crippen LogP contribution in [-0.2, 0) is 18.4 Å². The lowest BCUT2D eigenvalue weighted by Crippen LogP contribution is -2.45. The van der Waals surface area contributed by atoms with Crippen LogP contribution in [0.3, 0.4) is 0 Å².